The molecule has 1 aliphatic heterocycles. The second-order valence-electron chi connectivity index (χ2n) is 7.76. The smallest absolute Gasteiger partial charge is 0.268 e. The lowest BCUT2D eigenvalue weighted by atomic mass is 9.87. The molecule has 0 N–H and O–H groups in total. The van der Waals surface area contributed by atoms with Crippen LogP contribution in [-0.2, 0) is 22.0 Å². The van der Waals surface area contributed by atoms with Gasteiger partial charge in [-0.1, -0.05) is 32.9 Å². The number of rotatable bonds is 5. The number of carbonyl (C=O) groups is 1. The Morgan fingerprint density at radius 1 is 0.931 bits per heavy atom. The van der Waals surface area contributed by atoms with Gasteiger partial charge in [-0.15, -0.1) is 0 Å². The molecule has 0 fully saturated rings. The number of carbonyl (C=O) groups excluding carboxylic acids is 1. The fraction of sp³-hybridized carbons (Fsp3) is 0.381. The van der Waals surface area contributed by atoms with Gasteiger partial charge in [-0.3, -0.25) is 4.79 Å². The van der Waals surface area contributed by atoms with Crippen molar-refractivity contribution in [3.8, 4) is 17.2 Å². The molecule has 0 saturated carbocycles. The van der Waals surface area contributed by atoms with Gasteiger partial charge in [0.15, 0.2) is 11.5 Å². The Morgan fingerprint density at radius 3 is 2.00 bits per heavy atom. The molecule has 1 amide bonds. The topological polar surface area (TPSA) is 82.1 Å². The normalized spacial score (nSPS) is 14.0. The molecule has 0 unspecified atom stereocenters. The average molecular weight is 419 g/mol. The van der Waals surface area contributed by atoms with E-state index in [9.17, 15) is 13.2 Å². The SMILES string of the molecule is COc1cc2c(c(OC)c1OC)CN(S(=O)(=O)c1ccc(C(C)(C)C)cc1)C2=O. The number of amides is 1. The first-order chi connectivity index (χ1) is 13.6. The number of hydrogen-bond donors (Lipinski definition) is 0. The summed E-state index contributed by atoms with van der Waals surface area (Å²) in [6, 6.07) is 8.09. The molecular formula is C21H25NO6S. The van der Waals surface area contributed by atoms with E-state index in [-0.39, 0.29) is 28.2 Å². The summed E-state index contributed by atoms with van der Waals surface area (Å²) in [6.07, 6.45) is 0. The largest absolute Gasteiger partial charge is 0.493 e. The van der Waals surface area contributed by atoms with Crippen LogP contribution in [0, 0.1) is 0 Å². The minimum Gasteiger partial charge on any atom is -0.493 e. The van der Waals surface area contributed by atoms with Crippen LogP contribution >= 0.6 is 0 Å². The second kappa shape index (κ2) is 7.26. The van der Waals surface area contributed by atoms with Gasteiger partial charge >= 0.3 is 0 Å². The zero-order valence-electron chi connectivity index (χ0n) is 17.4. The van der Waals surface area contributed by atoms with Crippen LogP contribution in [0.15, 0.2) is 35.2 Å². The fourth-order valence-corrected chi connectivity index (χ4v) is 4.71. The fourth-order valence-electron chi connectivity index (χ4n) is 3.36. The molecule has 29 heavy (non-hydrogen) atoms. The van der Waals surface area contributed by atoms with Crippen molar-refractivity contribution in [2.75, 3.05) is 21.3 Å². The lowest BCUT2D eigenvalue weighted by Gasteiger charge is -2.20. The molecule has 3 rings (SSSR count). The third-order valence-corrected chi connectivity index (χ3v) is 6.74. The molecule has 8 heteroatoms. The highest BCUT2D eigenvalue weighted by Gasteiger charge is 2.40. The lowest BCUT2D eigenvalue weighted by molar-refractivity contribution is 0.0879. The molecule has 0 radical (unpaired) electrons. The van der Waals surface area contributed by atoms with Gasteiger partial charge < -0.3 is 14.2 Å². The first-order valence-electron chi connectivity index (χ1n) is 9.05. The Bertz CT molecular complexity index is 1050. The minimum atomic E-state index is -4.04. The molecular weight excluding hydrogens is 394 g/mol. The molecule has 0 spiro atoms. The van der Waals surface area contributed by atoms with Gasteiger partial charge in [0.2, 0.25) is 5.75 Å². The summed E-state index contributed by atoms with van der Waals surface area (Å²) in [5.41, 5.74) is 1.56. The third kappa shape index (κ3) is 3.42. The predicted octanol–water partition coefficient (Wildman–Crippen LogP) is 3.35. The summed E-state index contributed by atoms with van der Waals surface area (Å²) >= 11 is 0. The maximum atomic E-state index is 13.2. The molecule has 2 aromatic carbocycles. The Kier molecular flexibility index (Phi) is 5.25. The molecule has 0 aromatic heterocycles. The summed E-state index contributed by atoms with van der Waals surface area (Å²) in [5.74, 6) is 0.274. The standard InChI is InChI=1S/C21H25NO6S/c1-21(2,3)13-7-9-14(10-8-13)29(24,25)22-12-16-15(20(22)23)11-17(26-4)19(28-6)18(16)27-5/h7-11H,12H2,1-6H3. The van der Waals surface area contributed by atoms with E-state index in [1.54, 1.807) is 12.1 Å². The maximum absolute atomic E-state index is 13.2. The molecule has 1 heterocycles. The number of hydrogen-bond acceptors (Lipinski definition) is 6. The van der Waals surface area contributed by atoms with Gasteiger partial charge in [-0.2, -0.15) is 0 Å². The summed E-state index contributed by atoms with van der Waals surface area (Å²) in [6.45, 7) is 6.00. The quantitative estimate of drug-likeness (QED) is 0.739. The molecule has 2 aromatic rings. The highest BCUT2D eigenvalue weighted by Crippen LogP contribution is 2.46. The molecule has 0 saturated heterocycles. The van der Waals surface area contributed by atoms with E-state index in [1.165, 1.54) is 39.5 Å². The van der Waals surface area contributed by atoms with E-state index in [0.717, 1.165) is 9.87 Å². The van der Waals surface area contributed by atoms with Crippen LogP contribution < -0.4 is 14.2 Å². The van der Waals surface area contributed by atoms with E-state index < -0.39 is 15.9 Å². The van der Waals surface area contributed by atoms with Crippen molar-refractivity contribution in [1.82, 2.24) is 4.31 Å². The predicted molar refractivity (Wildman–Crippen MR) is 108 cm³/mol. The summed E-state index contributed by atoms with van der Waals surface area (Å²) in [4.78, 5) is 13.0. The van der Waals surface area contributed by atoms with E-state index in [4.69, 9.17) is 14.2 Å². The summed E-state index contributed by atoms with van der Waals surface area (Å²) in [7, 11) is 0.292. The van der Waals surface area contributed by atoms with Crippen LogP contribution in [0.25, 0.3) is 0 Å². The molecule has 0 aliphatic carbocycles. The van der Waals surface area contributed by atoms with Crippen LogP contribution in [0.1, 0.15) is 42.3 Å². The molecule has 156 valence electrons. The first-order valence-corrected chi connectivity index (χ1v) is 10.5. The molecule has 0 atom stereocenters. The minimum absolute atomic E-state index is 0.0598. The van der Waals surface area contributed by atoms with Crippen molar-refractivity contribution >= 4 is 15.9 Å². The lowest BCUT2D eigenvalue weighted by Crippen LogP contribution is -2.31. The van der Waals surface area contributed by atoms with Gasteiger partial charge in [0.25, 0.3) is 15.9 Å². The highest BCUT2D eigenvalue weighted by molar-refractivity contribution is 7.89. The van der Waals surface area contributed by atoms with Crippen LogP contribution in [0.2, 0.25) is 0 Å². The van der Waals surface area contributed by atoms with Crippen molar-refractivity contribution < 1.29 is 27.4 Å². The Morgan fingerprint density at radius 2 is 1.52 bits per heavy atom. The number of methoxy groups -OCH3 is 3. The van der Waals surface area contributed by atoms with E-state index in [0.29, 0.717) is 17.1 Å². The van der Waals surface area contributed by atoms with Gasteiger partial charge in [-0.05, 0) is 29.2 Å². The molecule has 0 bridgehead atoms. The van der Waals surface area contributed by atoms with Gasteiger partial charge in [0, 0.05) is 5.56 Å². The summed E-state index contributed by atoms with van der Waals surface area (Å²) < 4.78 is 43.3. The zero-order chi connectivity index (χ0) is 21.6. The second-order valence-corrected chi connectivity index (χ2v) is 9.62. The first kappa shape index (κ1) is 21.0. The maximum Gasteiger partial charge on any atom is 0.268 e. The van der Waals surface area contributed by atoms with E-state index in [1.807, 2.05) is 20.8 Å². The van der Waals surface area contributed by atoms with E-state index >= 15 is 0 Å². The average Bonchev–Trinajstić information content (AvgIpc) is 3.02. The number of fused-ring (bicyclic) bond motifs is 1. The number of sulfonamides is 1. The van der Waals surface area contributed by atoms with Crippen LogP contribution in [0.4, 0.5) is 0 Å². The molecule has 1 aliphatic rings. The monoisotopic (exact) mass is 419 g/mol. The third-order valence-electron chi connectivity index (χ3n) is 5.00. The number of ether oxygens (including phenoxy) is 3. The Balaban J connectivity index is 2.05. The van der Waals surface area contributed by atoms with Crippen molar-refractivity contribution in [3.05, 3.63) is 47.0 Å². The highest BCUT2D eigenvalue weighted by atomic mass is 32.2. The van der Waals surface area contributed by atoms with Gasteiger partial charge in [-0.25, -0.2) is 12.7 Å². The van der Waals surface area contributed by atoms with Crippen molar-refractivity contribution in [3.63, 3.8) is 0 Å². The Labute approximate surface area is 171 Å². The van der Waals surface area contributed by atoms with Crippen molar-refractivity contribution in [2.24, 2.45) is 0 Å². The number of benzene rings is 2. The van der Waals surface area contributed by atoms with Crippen LogP contribution in [-0.4, -0.2) is 40.0 Å². The van der Waals surface area contributed by atoms with Crippen LogP contribution in [0.3, 0.4) is 0 Å². The zero-order valence-corrected chi connectivity index (χ0v) is 18.2. The van der Waals surface area contributed by atoms with Gasteiger partial charge in [0.05, 0.1) is 38.3 Å². The summed E-state index contributed by atoms with van der Waals surface area (Å²) in [5, 5.41) is 0. The van der Waals surface area contributed by atoms with Crippen molar-refractivity contribution in [2.45, 2.75) is 37.6 Å². The number of nitrogens with zero attached hydrogens (tertiary/aromatic N) is 1. The molecule has 7 nitrogen and oxygen atoms in total. The van der Waals surface area contributed by atoms with Crippen molar-refractivity contribution in [1.29, 1.82) is 0 Å². The van der Waals surface area contributed by atoms with E-state index in [2.05, 4.69) is 0 Å². The Hall–Kier alpha value is -2.74. The van der Waals surface area contributed by atoms with Crippen LogP contribution in [0.5, 0.6) is 17.2 Å². The van der Waals surface area contributed by atoms with Gasteiger partial charge in [0.1, 0.15) is 0 Å².